The minimum absolute atomic E-state index is 0.209. The van der Waals surface area contributed by atoms with Crippen LogP contribution in [0.3, 0.4) is 0 Å². The molecule has 1 aliphatic carbocycles. The van der Waals surface area contributed by atoms with Crippen LogP contribution in [-0.4, -0.2) is 24.5 Å². The van der Waals surface area contributed by atoms with Gasteiger partial charge in [-0.05, 0) is 54.8 Å². The number of thioether (sulfide) groups is 1. The second-order valence-corrected chi connectivity index (χ2v) is 8.76. The topological polar surface area (TPSA) is 55.4 Å². The molecule has 0 unspecified atom stereocenters. The van der Waals surface area contributed by atoms with Gasteiger partial charge in [0, 0.05) is 21.7 Å². The van der Waals surface area contributed by atoms with Crippen molar-refractivity contribution < 1.29 is 14.3 Å². The van der Waals surface area contributed by atoms with Crippen LogP contribution in [0, 0.1) is 0 Å². The van der Waals surface area contributed by atoms with Gasteiger partial charge in [-0.2, -0.15) is 0 Å². The van der Waals surface area contributed by atoms with E-state index in [-0.39, 0.29) is 18.6 Å². The lowest BCUT2D eigenvalue weighted by Gasteiger charge is -2.16. The van der Waals surface area contributed by atoms with Crippen molar-refractivity contribution in [3.63, 3.8) is 0 Å². The zero-order valence-electron chi connectivity index (χ0n) is 16.4. The first-order chi connectivity index (χ1) is 14.1. The van der Waals surface area contributed by atoms with E-state index in [0.29, 0.717) is 5.56 Å². The Balaban J connectivity index is 1.42. The molecule has 0 heterocycles. The zero-order chi connectivity index (χ0) is 20.5. The van der Waals surface area contributed by atoms with E-state index in [1.54, 1.807) is 23.9 Å². The quantitative estimate of drug-likeness (QED) is 0.350. The molecule has 0 radical (unpaired) electrons. The summed E-state index contributed by atoms with van der Waals surface area (Å²) in [5.74, 6) is 0.0972. The van der Waals surface area contributed by atoms with Crippen molar-refractivity contribution in [2.45, 2.75) is 55.2 Å². The molecule has 1 fully saturated rings. The van der Waals surface area contributed by atoms with E-state index in [9.17, 15) is 9.59 Å². The first-order valence-corrected chi connectivity index (χ1v) is 11.4. The number of rotatable bonds is 7. The molecule has 1 aliphatic rings. The summed E-state index contributed by atoms with van der Waals surface area (Å²) in [6.07, 6.45) is 6.77. The van der Waals surface area contributed by atoms with E-state index < -0.39 is 5.97 Å². The average molecular weight is 432 g/mol. The Bertz CT molecular complexity index is 800. The second-order valence-electron chi connectivity index (χ2n) is 7.27. The third-order valence-corrected chi connectivity index (χ3v) is 6.30. The number of esters is 1. The third-order valence-electron chi connectivity index (χ3n) is 4.96. The van der Waals surface area contributed by atoms with E-state index >= 15 is 0 Å². The van der Waals surface area contributed by atoms with E-state index in [1.165, 1.54) is 12.8 Å². The molecular weight excluding hydrogens is 406 g/mol. The molecule has 0 atom stereocenters. The van der Waals surface area contributed by atoms with Gasteiger partial charge in [-0.3, -0.25) is 4.79 Å². The highest BCUT2D eigenvalue weighted by Crippen LogP contribution is 2.24. The highest BCUT2D eigenvalue weighted by Gasteiger charge is 2.16. The molecule has 0 saturated heterocycles. The maximum Gasteiger partial charge on any atom is 0.338 e. The molecule has 0 bridgehead atoms. The number of nitrogens with one attached hydrogen (secondary N) is 1. The normalized spacial score (nSPS) is 14.8. The van der Waals surface area contributed by atoms with Crippen molar-refractivity contribution in [2.24, 2.45) is 0 Å². The van der Waals surface area contributed by atoms with Gasteiger partial charge >= 0.3 is 5.97 Å². The SMILES string of the molecule is O=C(COC(=O)c1ccc(CSc2ccc(Cl)cc2)cc1)NC1CCCCCC1. The van der Waals surface area contributed by atoms with Crippen molar-refractivity contribution in [3.8, 4) is 0 Å². The molecular formula is C23H26ClNO3S. The highest BCUT2D eigenvalue weighted by molar-refractivity contribution is 7.98. The Morgan fingerprint density at radius 3 is 2.28 bits per heavy atom. The van der Waals surface area contributed by atoms with Crippen molar-refractivity contribution in [1.29, 1.82) is 0 Å². The lowest BCUT2D eigenvalue weighted by atomic mass is 10.1. The highest BCUT2D eigenvalue weighted by atomic mass is 35.5. The number of amides is 1. The molecule has 1 N–H and O–H groups in total. The summed E-state index contributed by atoms with van der Waals surface area (Å²) in [7, 11) is 0. The number of carbonyl (C=O) groups is 2. The van der Waals surface area contributed by atoms with E-state index in [1.807, 2.05) is 36.4 Å². The number of hydrogen-bond acceptors (Lipinski definition) is 4. The van der Waals surface area contributed by atoms with Gasteiger partial charge < -0.3 is 10.1 Å². The van der Waals surface area contributed by atoms with Gasteiger partial charge in [0.25, 0.3) is 5.91 Å². The van der Waals surface area contributed by atoms with Crippen molar-refractivity contribution in [2.75, 3.05) is 6.61 Å². The van der Waals surface area contributed by atoms with Crippen molar-refractivity contribution >= 4 is 35.2 Å². The van der Waals surface area contributed by atoms with E-state index in [2.05, 4.69) is 5.32 Å². The van der Waals surface area contributed by atoms with E-state index in [0.717, 1.165) is 46.9 Å². The van der Waals surface area contributed by atoms with Gasteiger partial charge in [0.15, 0.2) is 6.61 Å². The fraction of sp³-hybridized carbons (Fsp3) is 0.391. The summed E-state index contributed by atoms with van der Waals surface area (Å²) in [4.78, 5) is 25.4. The van der Waals surface area contributed by atoms with Crippen LogP contribution in [0.2, 0.25) is 5.02 Å². The van der Waals surface area contributed by atoms with Crippen LogP contribution < -0.4 is 5.32 Å². The third kappa shape index (κ3) is 7.41. The number of halogens is 1. The molecule has 2 aromatic rings. The number of hydrogen-bond donors (Lipinski definition) is 1. The Morgan fingerprint density at radius 2 is 1.62 bits per heavy atom. The predicted molar refractivity (Wildman–Crippen MR) is 117 cm³/mol. The molecule has 6 heteroatoms. The fourth-order valence-electron chi connectivity index (χ4n) is 3.34. The molecule has 154 valence electrons. The van der Waals surface area contributed by atoms with Gasteiger partial charge in [0.1, 0.15) is 0 Å². The van der Waals surface area contributed by atoms with Crippen LogP contribution in [0.15, 0.2) is 53.4 Å². The Labute approximate surface area is 181 Å². The molecule has 29 heavy (non-hydrogen) atoms. The molecule has 1 amide bonds. The Kier molecular flexibility index (Phi) is 8.44. The van der Waals surface area contributed by atoms with Crippen molar-refractivity contribution in [3.05, 3.63) is 64.7 Å². The van der Waals surface area contributed by atoms with Crippen LogP contribution in [0.4, 0.5) is 0 Å². The summed E-state index contributed by atoms with van der Waals surface area (Å²) in [6.45, 7) is -0.233. The summed E-state index contributed by atoms with van der Waals surface area (Å²) in [6, 6.07) is 15.2. The number of carbonyl (C=O) groups excluding carboxylic acids is 2. The fourth-order valence-corrected chi connectivity index (χ4v) is 4.32. The Morgan fingerprint density at radius 1 is 0.966 bits per heavy atom. The number of ether oxygens (including phenoxy) is 1. The minimum Gasteiger partial charge on any atom is -0.452 e. The first kappa shape index (κ1) is 21.7. The maximum absolute atomic E-state index is 12.2. The van der Waals surface area contributed by atoms with Gasteiger partial charge in [0.05, 0.1) is 5.56 Å². The standard InChI is InChI=1S/C23H26ClNO3S/c24-19-11-13-21(14-12-19)29-16-17-7-9-18(10-8-17)23(27)28-15-22(26)25-20-5-3-1-2-4-6-20/h7-14,20H,1-6,15-16H2,(H,25,26). The summed E-state index contributed by atoms with van der Waals surface area (Å²) in [5, 5.41) is 3.71. The molecule has 0 spiro atoms. The Hall–Kier alpha value is -1.98. The summed E-state index contributed by atoms with van der Waals surface area (Å²) >= 11 is 7.60. The average Bonchev–Trinajstić information content (AvgIpc) is 3.00. The van der Waals surface area contributed by atoms with Gasteiger partial charge in [-0.25, -0.2) is 4.79 Å². The largest absolute Gasteiger partial charge is 0.452 e. The summed E-state index contributed by atoms with van der Waals surface area (Å²) in [5.41, 5.74) is 1.56. The monoisotopic (exact) mass is 431 g/mol. The van der Waals surface area contributed by atoms with Crippen LogP contribution in [0.5, 0.6) is 0 Å². The smallest absolute Gasteiger partial charge is 0.338 e. The zero-order valence-corrected chi connectivity index (χ0v) is 17.9. The molecule has 3 rings (SSSR count). The molecule has 4 nitrogen and oxygen atoms in total. The van der Waals surface area contributed by atoms with Crippen LogP contribution in [-0.2, 0) is 15.3 Å². The van der Waals surface area contributed by atoms with Crippen LogP contribution >= 0.6 is 23.4 Å². The van der Waals surface area contributed by atoms with Gasteiger partial charge in [-0.15, -0.1) is 11.8 Å². The minimum atomic E-state index is -0.474. The lowest BCUT2D eigenvalue weighted by molar-refractivity contribution is -0.125. The maximum atomic E-state index is 12.2. The van der Waals surface area contributed by atoms with Crippen LogP contribution in [0.25, 0.3) is 0 Å². The van der Waals surface area contributed by atoms with Gasteiger partial charge in [-0.1, -0.05) is 49.4 Å². The van der Waals surface area contributed by atoms with Crippen LogP contribution in [0.1, 0.15) is 54.4 Å². The molecule has 2 aromatic carbocycles. The lowest BCUT2D eigenvalue weighted by Crippen LogP contribution is -2.37. The molecule has 0 aromatic heterocycles. The predicted octanol–water partition coefficient (Wildman–Crippen LogP) is 5.63. The molecule has 0 aliphatic heterocycles. The first-order valence-electron chi connectivity index (χ1n) is 10.0. The van der Waals surface area contributed by atoms with Gasteiger partial charge in [0.2, 0.25) is 0 Å². The number of benzene rings is 2. The van der Waals surface area contributed by atoms with E-state index in [4.69, 9.17) is 16.3 Å². The molecule has 1 saturated carbocycles. The summed E-state index contributed by atoms with van der Waals surface area (Å²) < 4.78 is 5.17. The second kappa shape index (κ2) is 11.3. The van der Waals surface area contributed by atoms with Crippen molar-refractivity contribution in [1.82, 2.24) is 5.32 Å².